The molecule has 1 aliphatic heterocycles. The van der Waals surface area contributed by atoms with Crippen molar-refractivity contribution in [1.82, 2.24) is 10.3 Å². The van der Waals surface area contributed by atoms with Gasteiger partial charge in [-0.2, -0.15) is 0 Å². The fraction of sp³-hybridized carbons (Fsp3) is 0.400. The average molecular weight is 324 g/mol. The first-order valence-electron chi connectivity index (χ1n) is 8.54. The van der Waals surface area contributed by atoms with Crippen LogP contribution in [0.5, 0.6) is 0 Å². The maximum absolute atomic E-state index is 12.5. The molecule has 1 N–H and O–H groups in total. The number of carbonyl (C=O) groups excluding carboxylic acids is 1. The molecule has 0 spiro atoms. The van der Waals surface area contributed by atoms with Gasteiger partial charge in [0.15, 0.2) is 0 Å². The molecule has 1 saturated heterocycles. The lowest BCUT2D eigenvalue weighted by Gasteiger charge is -2.22. The SMILES string of the molecule is Cc1ccc(-c2cccc(C(=O)NCC3CCOCC3)c2)c(C)n1. The highest BCUT2D eigenvalue weighted by Gasteiger charge is 2.15. The first kappa shape index (κ1) is 16.7. The summed E-state index contributed by atoms with van der Waals surface area (Å²) < 4.78 is 5.36. The molecule has 0 atom stereocenters. The molecule has 3 rings (SSSR count). The average Bonchev–Trinajstić information content (AvgIpc) is 2.60. The van der Waals surface area contributed by atoms with Crippen LogP contribution in [0.2, 0.25) is 0 Å². The van der Waals surface area contributed by atoms with Crippen LogP contribution in [0, 0.1) is 19.8 Å². The molecule has 2 aromatic rings. The van der Waals surface area contributed by atoms with Gasteiger partial charge in [0, 0.05) is 42.3 Å². The summed E-state index contributed by atoms with van der Waals surface area (Å²) in [5.41, 5.74) is 4.77. The molecule has 4 heteroatoms. The summed E-state index contributed by atoms with van der Waals surface area (Å²) in [4.78, 5) is 17.0. The third-order valence-electron chi connectivity index (χ3n) is 4.55. The van der Waals surface area contributed by atoms with E-state index in [2.05, 4.69) is 16.4 Å². The van der Waals surface area contributed by atoms with Crippen molar-refractivity contribution in [1.29, 1.82) is 0 Å². The van der Waals surface area contributed by atoms with Gasteiger partial charge in [0.25, 0.3) is 5.91 Å². The lowest BCUT2D eigenvalue weighted by Crippen LogP contribution is -2.32. The van der Waals surface area contributed by atoms with Crippen LogP contribution in [-0.4, -0.2) is 30.6 Å². The third-order valence-corrected chi connectivity index (χ3v) is 4.55. The molecule has 4 nitrogen and oxygen atoms in total. The molecular weight excluding hydrogens is 300 g/mol. The summed E-state index contributed by atoms with van der Waals surface area (Å²) in [6, 6.07) is 11.8. The molecule has 24 heavy (non-hydrogen) atoms. The first-order valence-corrected chi connectivity index (χ1v) is 8.54. The van der Waals surface area contributed by atoms with Crippen molar-refractivity contribution in [2.75, 3.05) is 19.8 Å². The van der Waals surface area contributed by atoms with Crippen molar-refractivity contribution in [3.8, 4) is 11.1 Å². The van der Waals surface area contributed by atoms with Crippen LogP contribution in [0.4, 0.5) is 0 Å². The Kier molecular flexibility index (Phi) is 5.26. The summed E-state index contributed by atoms with van der Waals surface area (Å²) in [5.74, 6) is 0.510. The molecule has 1 fully saturated rings. The molecule has 1 aromatic heterocycles. The van der Waals surface area contributed by atoms with E-state index < -0.39 is 0 Å². The lowest BCUT2D eigenvalue weighted by atomic mass is 9.99. The van der Waals surface area contributed by atoms with Crippen molar-refractivity contribution >= 4 is 5.91 Å². The second-order valence-corrected chi connectivity index (χ2v) is 6.43. The van der Waals surface area contributed by atoms with Crippen LogP contribution in [0.25, 0.3) is 11.1 Å². The Bertz CT molecular complexity index is 721. The molecule has 0 unspecified atom stereocenters. The van der Waals surface area contributed by atoms with Gasteiger partial charge < -0.3 is 10.1 Å². The number of aromatic nitrogens is 1. The Hall–Kier alpha value is -2.20. The van der Waals surface area contributed by atoms with E-state index in [1.54, 1.807) is 0 Å². The number of carbonyl (C=O) groups is 1. The number of ether oxygens (including phenoxy) is 1. The number of aryl methyl sites for hydroxylation is 2. The highest BCUT2D eigenvalue weighted by Crippen LogP contribution is 2.23. The Morgan fingerprint density at radius 1 is 1.21 bits per heavy atom. The maximum Gasteiger partial charge on any atom is 0.251 e. The van der Waals surface area contributed by atoms with Gasteiger partial charge in [-0.05, 0) is 56.4 Å². The minimum atomic E-state index is -0.0129. The normalized spacial score (nSPS) is 15.2. The Balaban J connectivity index is 1.71. The van der Waals surface area contributed by atoms with Crippen molar-refractivity contribution in [2.24, 2.45) is 5.92 Å². The largest absolute Gasteiger partial charge is 0.381 e. The number of benzene rings is 1. The fourth-order valence-electron chi connectivity index (χ4n) is 3.11. The smallest absolute Gasteiger partial charge is 0.251 e. The number of pyridine rings is 1. The summed E-state index contributed by atoms with van der Waals surface area (Å²) in [7, 11) is 0. The van der Waals surface area contributed by atoms with E-state index >= 15 is 0 Å². The number of rotatable bonds is 4. The first-order chi connectivity index (χ1) is 11.6. The van der Waals surface area contributed by atoms with Gasteiger partial charge in [0.2, 0.25) is 0 Å². The second-order valence-electron chi connectivity index (χ2n) is 6.43. The topological polar surface area (TPSA) is 51.2 Å². The van der Waals surface area contributed by atoms with Gasteiger partial charge in [-0.3, -0.25) is 9.78 Å². The molecule has 1 aromatic carbocycles. The predicted molar refractivity (Wildman–Crippen MR) is 95.0 cm³/mol. The summed E-state index contributed by atoms with van der Waals surface area (Å²) in [6.45, 7) is 6.31. The monoisotopic (exact) mass is 324 g/mol. The van der Waals surface area contributed by atoms with Gasteiger partial charge in [-0.15, -0.1) is 0 Å². The summed E-state index contributed by atoms with van der Waals surface area (Å²) in [6.07, 6.45) is 2.04. The van der Waals surface area contributed by atoms with E-state index in [1.807, 2.05) is 44.2 Å². The molecule has 0 aliphatic carbocycles. The van der Waals surface area contributed by atoms with Crippen LogP contribution in [0.1, 0.15) is 34.6 Å². The van der Waals surface area contributed by atoms with Crippen LogP contribution in [0.15, 0.2) is 36.4 Å². The highest BCUT2D eigenvalue weighted by atomic mass is 16.5. The van der Waals surface area contributed by atoms with Gasteiger partial charge in [0.05, 0.1) is 0 Å². The molecule has 0 saturated carbocycles. The number of hydrogen-bond donors (Lipinski definition) is 1. The minimum absolute atomic E-state index is 0.0129. The van der Waals surface area contributed by atoms with Crippen LogP contribution in [-0.2, 0) is 4.74 Å². The van der Waals surface area contributed by atoms with Crippen LogP contribution < -0.4 is 5.32 Å². The molecule has 0 radical (unpaired) electrons. The quantitative estimate of drug-likeness (QED) is 0.936. The summed E-state index contributed by atoms with van der Waals surface area (Å²) in [5, 5.41) is 3.06. The Labute approximate surface area is 143 Å². The predicted octanol–water partition coefficient (Wildman–Crippen LogP) is 3.52. The van der Waals surface area contributed by atoms with Crippen molar-refractivity contribution in [3.63, 3.8) is 0 Å². The number of amides is 1. The van der Waals surface area contributed by atoms with Gasteiger partial charge in [0.1, 0.15) is 0 Å². The van der Waals surface area contributed by atoms with E-state index in [1.165, 1.54) is 0 Å². The zero-order valence-electron chi connectivity index (χ0n) is 14.3. The fourth-order valence-corrected chi connectivity index (χ4v) is 3.11. The molecule has 1 amide bonds. The van der Waals surface area contributed by atoms with Crippen LogP contribution >= 0.6 is 0 Å². The van der Waals surface area contributed by atoms with Crippen molar-refractivity contribution in [2.45, 2.75) is 26.7 Å². The lowest BCUT2D eigenvalue weighted by molar-refractivity contribution is 0.0642. The Morgan fingerprint density at radius 3 is 2.75 bits per heavy atom. The number of hydrogen-bond acceptors (Lipinski definition) is 3. The minimum Gasteiger partial charge on any atom is -0.381 e. The van der Waals surface area contributed by atoms with Crippen LogP contribution in [0.3, 0.4) is 0 Å². The molecule has 2 heterocycles. The standard InChI is InChI=1S/C20H24N2O2/c1-14-6-7-19(15(2)22-14)17-4-3-5-18(12-17)20(23)21-13-16-8-10-24-11-9-16/h3-7,12,16H,8-11,13H2,1-2H3,(H,21,23). The molecule has 1 aliphatic rings. The van der Waals surface area contributed by atoms with E-state index in [0.717, 1.165) is 55.1 Å². The number of nitrogens with one attached hydrogen (secondary N) is 1. The second kappa shape index (κ2) is 7.58. The van der Waals surface area contributed by atoms with E-state index in [9.17, 15) is 4.79 Å². The van der Waals surface area contributed by atoms with Crippen molar-refractivity contribution < 1.29 is 9.53 Å². The molecular formula is C20H24N2O2. The zero-order chi connectivity index (χ0) is 16.9. The summed E-state index contributed by atoms with van der Waals surface area (Å²) >= 11 is 0. The van der Waals surface area contributed by atoms with Gasteiger partial charge in [-0.1, -0.05) is 18.2 Å². The van der Waals surface area contributed by atoms with E-state index in [4.69, 9.17) is 4.74 Å². The zero-order valence-corrected chi connectivity index (χ0v) is 14.3. The van der Waals surface area contributed by atoms with Gasteiger partial charge >= 0.3 is 0 Å². The highest BCUT2D eigenvalue weighted by molar-refractivity contribution is 5.95. The molecule has 0 bridgehead atoms. The maximum atomic E-state index is 12.5. The number of nitrogens with zero attached hydrogens (tertiary/aromatic N) is 1. The van der Waals surface area contributed by atoms with Gasteiger partial charge in [-0.25, -0.2) is 0 Å². The van der Waals surface area contributed by atoms with Crippen molar-refractivity contribution in [3.05, 3.63) is 53.3 Å². The van der Waals surface area contributed by atoms with E-state index in [-0.39, 0.29) is 5.91 Å². The third kappa shape index (κ3) is 4.01. The molecule has 126 valence electrons. The Morgan fingerprint density at radius 2 is 2.00 bits per heavy atom. The van der Waals surface area contributed by atoms with E-state index in [0.29, 0.717) is 11.5 Å².